The molecule has 1 aliphatic heterocycles. The van der Waals surface area contributed by atoms with Crippen LogP contribution in [0, 0.1) is 0 Å². The molecule has 0 aliphatic carbocycles. The molecule has 0 radical (unpaired) electrons. The Morgan fingerprint density at radius 2 is 1.97 bits per heavy atom. The number of benzene rings is 2. The van der Waals surface area contributed by atoms with Gasteiger partial charge in [-0.3, -0.25) is 0 Å². The molecule has 1 aromatic heterocycles. The Labute approximate surface area is 184 Å². The third-order valence-corrected chi connectivity index (χ3v) is 5.82. The molecule has 10 heteroatoms. The van der Waals surface area contributed by atoms with Crippen LogP contribution in [0.2, 0.25) is 0 Å². The number of rotatable bonds is 6. The van der Waals surface area contributed by atoms with E-state index in [-0.39, 0.29) is 23.7 Å². The lowest BCUT2D eigenvalue weighted by molar-refractivity contribution is -0.146. The highest BCUT2D eigenvalue weighted by atomic mass is 19.4. The highest BCUT2D eigenvalue weighted by Gasteiger charge is 2.38. The number of aromatic nitrogens is 4. The first kappa shape index (κ1) is 22.2. The lowest BCUT2D eigenvalue weighted by Crippen LogP contribution is -2.46. The van der Waals surface area contributed by atoms with Gasteiger partial charge in [0.15, 0.2) is 0 Å². The Morgan fingerprint density at radius 1 is 1.19 bits per heavy atom. The van der Waals surface area contributed by atoms with Gasteiger partial charge in [0.05, 0.1) is 12.8 Å². The van der Waals surface area contributed by atoms with Crippen molar-refractivity contribution in [1.29, 1.82) is 0 Å². The van der Waals surface area contributed by atoms with Crippen molar-refractivity contribution in [2.75, 3.05) is 20.2 Å². The summed E-state index contributed by atoms with van der Waals surface area (Å²) in [5.41, 5.74) is 2.20. The summed E-state index contributed by atoms with van der Waals surface area (Å²) in [5.74, 6) is -0.310. The Morgan fingerprint density at radius 3 is 2.69 bits per heavy atom. The van der Waals surface area contributed by atoms with E-state index < -0.39 is 12.0 Å². The van der Waals surface area contributed by atoms with Gasteiger partial charge < -0.3 is 15.4 Å². The molecule has 0 bridgehead atoms. The normalized spacial score (nSPS) is 20.2. The van der Waals surface area contributed by atoms with E-state index in [0.29, 0.717) is 10.4 Å². The van der Waals surface area contributed by atoms with E-state index in [1.165, 1.54) is 11.6 Å². The summed E-state index contributed by atoms with van der Waals surface area (Å²) in [7, 11) is 1.54. The molecule has 7 nitrogen and oxygen atoms in total. The lowest BCUT2D eigenvalue weighted by atomic mass is 9.86. The van der Waals surface area contributed by atoms with E-state index in [0.717, 1.165) is 25.1 Å². The Hall–Kier alpha value is -2.98. The van der Waals surface area contributed by atoms with Crippen molar-refractivity contribution >= 4 is 0 Å². The molecule has 1 aliphatic rings. The molecule has 0 saturated carbocycles. The van der Waals surface area contributed by atoms with Gasteiger partial charge in [-0.05, 0) is 54.1 Å². The zero-order chi connectivity index (χ0) is 22.7. The number of alkyl halides is 3. The maximum atomic E-state index is 13.3. The number of tetrazole rings is 1. The second-order valence-corrected chi connectivity index (χ2v) is 7.84. The molecule has 3 aromatic rings. The molecule has 170 valence electrons. The van der Waals surface area contributed by atoms with Crippen LogP contribution in [0.5, 0.6) is 5.75 Å². The molecule has 2 aromatic carbocycles. The second-order valence-electron chi connectivity index (χ2n) is 7.84. The fourth-order valence-electron chi connectivity index (χ4n) is 4.25. The SMILES string of the molecule is COc1ccc(-n2nnnc2C(F)(F)F)cc1[C@@H](C)N[C@H]1CCNC[C@H]1c1ccccc1. The van der Waals surface area contributed by atoms with Gasteiger partial charge in [-0.2, -0.15) is 17.9 Å². The molecule has 0 unspecified atom stereocenters. The topological polar surface area (TPSA) is 76.9 Å². The van der Waals surface area contributed by atoms with Crippen molar-refractivity contribution in [2.24, 2.45) is 0 Å². The van der Waals surface area contributed by atoms with E-state index in [2.05, 4.69) is 38.3 Å². The number of hydrogen-bond acceptors (Lipinski definition) is 6. The van der Waals surface area contributed by atoms with Gasteiger partial charge in [0.25, 0.3) is 5.82 Å². The molecular weight excluding hydrogens is 421 g/mol. The quantitative estimate of drug-likeness (QED) is 0.604. The first-order valence-electron chi connectivity index (χ1n) is 10.4. The number of halogens is 3. The van der Waals surface area contributed by atoms with Gasteiger partial charge >= 0.3 is 6.18 Å². The number of nitrogens with one attached hydrogen (secondary N) is 2. The maximum absolute atomic E-state index is 13.3. The van der Waals surface area contributed by atoms with Crippen LogP contribution in [0.4, 0.5) is 13.2 Å². The molecule has 0 spiro atoms. The zero-order valence-corrected chi connectivity index (χ0v) is 17.8. The minimum Gasteiger partial charge on any atom is -0.496 e. The van der Waals surface area contributed by atoms with Crippen molar-refractivity contribution in [2.45, 2.75) is 37.5 Å². The number of nitrogens with zero attached hydrogens (tertiary/aromatic N) is 4. The summed E-state index contributed by atoms with van der Waals surface area (Å²) in [5, 5.41) is 17.0. The Kier molecular flexibility index (Phi) is 6.43. The molecule has 32 heavy (non-hydrogen) atoms. The van der Waals surface area contributed by atoms with Crippen LogP contribution in [-0.4, -0.2) is 46.4 Å². The van der Waals surface area contributed by atoms with Crippen molar-refractivity contribution in [3.8, 4) is 11.4 Å². The summed E-state index contributed by atoms with van der Waals surface area (Å²) in [6.07, 6.45) is -3.73. The van der Waals surface area contributed by atoms with E-state index in [9.17, 15) is 13.2 Å². The van der Waals surface area contributed by atoms with Crippen LogP contribution in [-0.2, 0) is 6.18 Å². The Balaban J connectivity index is 1.62. The van der Waals surface area contributed by atoms with Crippen LogP contribution >= 0.6 is 0 Å². The first-order chi connectivity index (χ1) is 15.4. The van der Waals surface area contributed by atoms with E-state index in [1.807, 2.05) is 25.1 Å². The molecule has 1 saturated heterocycles. The first-order valence-corrected chi connectivity index (χ1v) is 10.4. The monoisotopic (exact) mass is 446 g/mol. The molecule has 2 N–H and O–H groups in total. The highest BCUT2D eigenvalue weighted by molar-refractivity contribution is 5.46. The minimum atomic E-state index is -4.66. The van der Waals surface area contributed by atoms with Crippen molar-refractivity contribution in [3.05, 3.63) is 65.5 Å². The maximum Gasteiger partial charge on any atom is 0.453 e. The van der Waals surface area contributed by atoms with Gasteiger partial charge in [0.2, 0.25) is 0 Å². The number of methoxy groups -OCH3 is 1. The standard InChI is InChI=1S/C22H25F3N6O/c1-14(27-19-10-11-26-13-18(19)15-6-4-3-5-7-15)17-12-16(8-9-20(17)32-2)31-21(22(23,24)25)28-29-30-31/h3-9,12,14,18-19,26-27H,10-11,13H2,1-2H3/t14-,18+,19+/m1/s1. The molecule has 3 atom stereocenters. The third-order valence-electron chi connectivity index (χ3n) is 5.82. The summed E-state index contributed by atoms with van der Waals surface area (Å²) in [6.45, 7) is 3.73. The average molecular weight is 446 g/mol. The van der Waals surface area contributed by atoms with Crippen LogP contribution < -0.4 is 15.4 Å². The molecule has 1 fully saturated rings. The minimum absolute atomic E-state index is 0.176. The molecular formula is C22H25F3N6O. The number of hydrogen-bond donors (Lipinski definition) is 2. The average Bonchev–Trinajstić information content (AvgIpc) is 3.30. The molecule has 2 heterocycles. The van der Waals surface area contributed by atoms with Crippen molar-refractivity contribution in [1.82, 2.24) is 30.8 Å². The molecule has 0 amide bonds. The van der Waals surface area contributed by atoms with E-state index >= 15 is 0 Å². The van der Waals surface area contributed by atoms with Gasteiger partial charge in [-0.15, -0.1) is 5.10 Å². The van der Waals surface area contributed by atoms with Crippen LogP contribution in [0.15, 0.2) is 48.5 Å². The smallest absolute Gasteiger partial charge is 0.453 e. The van der Waals surface area contributed by atoms with Crippen LogP contribution in [0.1, 0.15) is 42.3 Å². The predicted molar refractivity (Wildman–Crippen MR) is 113 cm³/mol. The largest absolute Gasteiger partial charge is 0.496 e. The zero-order valence-electron chi connectivity index (χ0n) is 17.8. The van der Waals surface area contributed by atoms with Gasteiger partial charge in [-0.1, -0.05) is 30.3 Å². The number of piperidine rings is 1. The highest BCUT2D eigenvalue weighted by Crippen LogP contribution is 2.33. The fraction of sp³-hybridized carbons (Fsp3) is 0.409. The van der Waals surface area contributed by atoms with Gasteiger partial charge in [0.1, 0.15) is 5.75 Å². The third kappa shape index (κ3) is 4.61. The summed E-state index contributed by atoms with van der Waals surface area (Å²) in [4.78, 5) is 0. The van der Waals surface area contributed by atoms with E-state index in [4.69, 9.17) is 4.74 Å². The second kappa shape index (κ2) is 9.25. The van der Waals surface area contributed by atoms with Crippen molar-refractivity contribution in [3.63, 3.8) is 0 Å². The van der Waals surface area contributed by atoms with Gasteiger partial charge in [-0.25, -0.2) is 0 Å². The number of ether oxygens (including phenoxy) is 1. The summed E-state index contributed by atoms with van der Waals surface area (Å²) < 4.78 is 46.0. The molecule has 4 rings (SSSR count). The van der Waals surface area contributed by atoms with E-state index in [1.54, 1.807) is 19.2 Å². The van der Waals surface area contributed by atoms with Crippen LogP contribution in [0.3, 0.4) is 0 Å². The lowest BCUT2D eigenvalue weighted by Gasteiger charge is -2.35. The van der Waals surface area contributed by atoms with Crippen LogP contribution in [0.25, 0.3) is 5.69 Å². The predicted octanol–water partition coefficient (Wildman–Crippen LogP) is 3.49. The summed E-state index contributed by atoms with van der Waals surface area (Å²) in [6, 6.07) is 15.1. The Bertz CT molecular complexity index is 1040. The van der Waals surface area contributed by atoms with Crippen molar-refractivity contribution < 1.29 is 17.9 Å². The fourth-order valence-corrected chi connectivity index (χ4v) is 4.25. The summed E-state index contributed by atoms with van der Waals surface area (Å²) >= 11 is 0. The van der Waals surface area contributed by atoms with Gasteiger partial charge in [0, 0.05) is 30.1 Å².